The zero-order valence-corrected chi connectivity index (χ0v) is 23.9. The fourth-order valence-electron chi connectivity index (χ4n) is 7.05. The molecular formula is C32H35N3O5S. The van der Waals surface area contributed by atoms with Gasteiger partial charge in [0.25, 0.3) is 10.0 Å². The summed E-state index contributed by atoms with van der Waals surface area (Å²) in [7, 11) is -2.84. The van der Waals surface area contributed by atoms with Crippen LogP contribution in [0.3, 0.4) is 0 Å². The lowest BCUT2D eigenvalue weighted by atomic mass is 9.72. The van der Waals surface area contributed by atoms with Gasteiger partial charge in [0.2, 0.25) is 5.91 Å². The van der Waals surface area contributed by atoms with Crippen LogP contribution in [0.15, 0.2) is 89.8 Å². The standard InChI is InChI=1S/C32H35N3O5S/c1-40-30(37)28-21-32(23-13-5-2-6-14-23)26-19-11-12-20-27(26)35(41(38,39)25-17-9-4-10-18-25)31(32)34(28)29(36)22-33-24-15-7-3-8-16-24/h2,4-6,9-14,17-20,24,28,31,33H,3,7-8,15-16,21-22H2,1H3/t28-,31+,32+/m0/s1. The van der Waals surface area contributed by atoms with Crippen molar-refractivity contribution in [2.45, 2.75) is 67.1 Å². The zero-order valence-electron chi connectivity index (χ0n) is 23.1. The number of esters is 1. The summed E-state index contributed by atoms with van der Waals surface area (Å²) in [5, 5.41) is 3.40. The van der Waals surface area contributed by atoms with Crippen molar-refractivity contribution in [3.05, 3.63) is 96.1 Å². The van der Waals surface area contributed by atoms with E-state index >= 15 is 0 Å². The summed E-state index contributed by atoms with van der Waals surface area (Å²) >= 11 is 0. The zero-order chi connectivity index (χ0) is 28.6. The number of amides is 1. The number of carbonyl (C=O) groups excluding carboxylic acids is 2. The predicted molar refractivity (Wildman–Crippen MR) is 156 cm³/mol. The molecule has 0 bridgehead atoms. The Morgan fingerprint density at radius 2 is 1.54 bits per heavy atom. The number of carbonyl (C=O) groups is 2. The van der Waals surface area contributed by atoms with Crippen molar-refractivity contribution in [1.82, 2.24) is 10.2 Å². The summed E-state index contributed by atoms with van der Waals surface area (Å²) in [6, 6.07) is 24.5. The number of likely N-dealkylation sites (tertiary alicyclic amines) is 1. The molecule has 8 nitrogen and oxygen atoms in total. The Labute approximate surface area is 241 Å². The van der Waals surface area contributed by atoms with E-state index in [9.17, 15) is 18.0 Å². The second-order valence-electron chi connectivity index (χ2n) is 11.1. The molecule has 2 aliphatic heterocycles. The summed E-state index contributed by atoms with van der Waals surface area (Å²) in [6.07, 6.45) is 4.58. The molecule has 1 saturated heterocycles. The molecule has 214 valence electrons. The first-order chi connectivity index (χ1) is 19.9. The molecule has 3 atom stereocenters. The van der Waals surface area contributed by atoms with Gasteiger partial charge in [0.1, 0.15) is 12.2 Å². The van der Waals surface area contributed by atoms with Gasteiger partial charge >= 0.3 is 5.97 Å². The molecule has 41 heavy (non-hydrogen) atoms. The molecule has 3 aromatic carbocycles. The first-order valence-corrected chi connectivity index (χ1v) is 15.7. The quantitative estimate of drug-likeness (QED) is 0.426. The lowest BCUT2D eigenvalue weighted by Crippen LogP contribution is -2.58. The summed E-state index contributed by atoms with van der Waals surface area (Å²) in [6.45, 7) is 0.00903. The third kappa shape index (κ3) is 4.51. The predicted octanol–water partition coefficient (Wildman–Crippen LogP) is 4.20. The van der Waals surface area contributed by atoms with Crippen molar-refractivity contribution < 1.29 is 22.7 Å². The highest BCUT2D eigenvalue weighted by atomic mass is 32.2. The molecule has 1 saturated carbocycles. The number of rotatable bonds is 7. The van der Waals surface area contributed by atoms with Gasteiger partial charge in [0, 0.05) is 6.04 Å². The number of nitrogens with one attached hydrogen (secondary N) is 1. The molecule has 0 unspecified atom stereocenters. The van der Waals surface area contributed by atoms with Crippen molar-refractivity contribution in [2.75, 3.05) is 18.0 Å². The number of nitrogens with zero attached hydrogens (tertiary/aromatic N) is 2. The number of hydrogen-bond acceptors (Lipinski definition) is 6. The Bertz CT molecular complexity index is 1530. The second kappa shape index (κ2) is 10.9. The maximum atomic E-state index is 14.5. The van der Waals surface area contributed by atoms with Crippen LogP contribution in [0.4, 0.5) is 5.69 Å². The van der Waals surface area contributed by atoms with E-state index in [-0.39, 0.29) is 29.8 Å². The molecule has 1 amide bonds. The minimum atomic E-state index is -4.14. The highest BCUT2D eigenvalue weighted by Gasteiger charge is 2.66. The highest BCUT2D eigenvalue weighted by molar-refractivity contribution is 7.92. The Kier molecular flexibility index (Phi) is 7.34. The number of methoxy groups -OCH3 is 1. The van der Waals surface area contributed by atoms with Gasteiger partial charge in [-0.2, -0.15) is 0 Å². The van der Waals surface area contributed by atoms with Crippen LogP contribution in [0.5, 0.6) is 0 Å². The fourth-order valence-corrected chi connectivity index (χ4v) is 8.74. The molecular weight excluding hydrogens is 538 g/mol. The number of para-hydroxylation sites is 1. The van der Waals surface area contributed by atoms with Crippen LogP contribution in [0.25, 0.3) is 0 Å². The van der Waals surface area contributed by atoms with E-state index in [1.165, 1.54) is 22.7 Å². The van der Waals surface area contributed by atoms with Gasteiger partial charge in [-0.25, -0.2) is 17.5 Å². The first-order valence-electron chi connectivity index (χ1n) is 14.3. The normalized spacial score (nSPS) is 24.1. The van der Waals surface area contributed by atoms with Crippen molar-refractivity contribution in [3.8, 4) is 0 Å². The third-order valence-electron chi connectivity index (χ3n) is 8.90. The fraction of sp³-hybridized carbons (Fsp3) is 0.375. The van der Waals surface area contributed by atoms with E-state index in [1.54, 1.807) is 42.5 Å². The molecule has 2 fully saturated rings. The highest BCUT2D eigenvalue weighted by Crippen LogP contribution is 2.59. The van der Waals surface area contributed by atoms with Gasteiger partial charge in [-0.1, -0.05) is 86.0 Å². The average Bonchev–Trinajstić information content (AvgIpc) is 3.52. The van der Waals surface area contributed by atoms with Crippen LogP contribution >= 0.6 is 0 Å². The first kappa shape index (κ1) is 27.5. The molecule has 6 rings (SSSR count). The van der Waals surface area contributed by atoms with Crippen LogP contribution < -0.4 is 9.62 Å². The SMILES string of the molecule is COC(=O)[C@@H]1C[C@@]2(c3ccccc3)c3ccccc3N(S(=O)(=O)c3ccccc3)[C@H]2N1C(=O)CNC1CCCCC1. The summed E-state index contributed by atoms with van der Waals surface area (Å²) in [5.41, 5.74) is 1.12. The van der Waals surface area contributed by atoms with Gasteiger partial charge in [0.05, 0.1) is 29.7 Å². The lowest BCUT2D eigenvalue weighted by molar-refractivity contribution is -0.151. The number of ether oxygens (including phenoxy) is 1. The Balaban J connectivity index is 1.54. The van der Waals surface area contributed by atoms with Crippen LogP contribution in [-0.2, 0) is 29.8 Å². The second-order valence-corrected chi connectivity index (χ2v) is 12.9. The van der Waals surface area contributed by atoms with Crippen molar-refractivity contribution in [2.24, 2.45) is 0 Å². The van der Waals surface area contributed by atoms with Crippen molar-refractivity contribution in [3.63, 3.8) is 0 Å². The maximum Gasteiger partial charge on any atom is 0.328 e. The molecule has 9 heteroatoms. The average molecular weight is 574 g/mol. The van der Waals surface area contributed by atoms with Crippen molar-refractivity contribution in [1.29, 1.82) is 0 Å². The van der Waals surface area contributed by atoms with Gasteiger partial charge in [-0.15, -0.1) is 0 Å². The molecule has 0 radical (unpaired) electrons. The van der Waals surface area contributed by atoms with E-state index in [2.05, 4.69) is 5.32 Å². The van der Waals surface area contributed by atoms with Gasteiger partial charge in [-0.3, -0.25) is 4.79 Å². The molecule has 1 aliphatic carbocycles. The summed E-state index contributed by atoms with van der Waals surface area (Å²) < 4.78 is 35.6. The van der Waals surface area contributed by atoms with Gasteiger partial charge in [-0.05, 0) is 48.6 Å². The van der Waals surface area contributed by atoms with E-state index in [0.29, 0.717) is 5.69 Å². The minimum Gasteiger partial charge on any atom is -0.467 e. The molecule has 1 N–H and O–H groups in total. The smallest absolute Gasteiger partial charge is 0.328 e. The Morgan fingerprint density at radius 3 is 2.22 bits per heavy atom. The summed E-state index contributed by atoms with van der Waals surface area (Å²) in [5.74, 6) is -0.884. The maximum absolute atomic E-state index is 14.5. The van der Waals surface area contributed by atoms with Crippen LogP contribution in [0.2, 0.25) is 0 Å². The van der Waals surface area contributed by atoms with Crippen LogP contribution in [-0.4, -0.2) is 57.1 Å². The van der Waals surface area contributed by atoms with Gasteiger partial charge < -0.3 is 15.0 Å². The molecule has 0 spiro atoms. The molecule has 2 heterocycles. The Morgan fingerprint density at radius 1 is 0.902 bits per heavy atom. The van der Waals surface area contributed by atoms with Crippen LogP contribution in [0, 0.1) is 0 Å². The van der Waals surface area contributed by atoms with E-state index in [0.717, 1.165) is 36.8 Å². The molecule has 3 aromatic rings. The number of anilines is 1. The minimum absolute atomic E-state index is 0.00903. The van der Waals surface area contributed by atoms with E-state index in [4.69, 9.17) is 4.74 Å². The largest absolute Gasteiger partial charge is 0.467 e. The Hall–Kier alpha value is -3.69. The van der Waals surface area contributed by atoms with Crippen molar-refractivity contribution >= 4 is 27.6 Å². The number of hydrogen-bond donors (Lipinski definition) is 1. The van der Waals surface area contributed by atoms with Crippen LogP contribution in [0.1, 0.15) is 49.7 Å². The number of sulfonamides is 1. The topological polar surface area (TPSA) is 96.0 Å². The van der Waals surface area contributed by atoms with E-state index < -0.39 is 33.6 Å². The molecule has 0 aromatic heterocycles. The monoisotopic (exact) mass is 573 g/mol. The van der Waals surface area contributed by atoms with E-state index in [1.807, 2.05) is 42.5 Å². The van der Waals surface area contributed by atoms with Gasteiger partial charge in [0.15, 0.2) is 0 Å². The summed E-state index contributed by atoms with van der Waals surface area (Å²) in [4.78, 5) is 29.2. The number of benzene rings is 3. The number of fused-ring (bicyclic) bond motifs is 3. The third-order valence-corrected chi connectivity index (χ3v) is 10.7. The molecule has 3 aliphatic rings. The lowest BCUT2D eigenvalue weighted by Gasteiger charge is -2.38.